The van der Waals surface area contributed by atoms with Gasteiger partial charge in [-0.3, -0.25) is 0 Å². The summed E-state index contributed by atoms with van der Waals surface area (Å²) in [5.74, 6) is 1.72. The van der Waals surface area contributed by atoms with Gasteiger partial charge in [-0.05, 0) is 48.5 Å². The standard InChI is InChI=1S/C15H14O4/c1-17-13-7-3-11(4-8-13)15(19-16)12-5-9-14(18-2)10-6-12/h3-10H,1-2H3. The van der Waals surface area contributed by atoms with Crippen LogP contribution in [0.5, 0.6) is 11.5 Å². The van der Waals surface area contributed by atoms with E-state index in [1.807, 2.05) is 0 Å². The minimum absolute atomic E-state index is 0.269. The average molecular weight is 258 g/mol. The number of rotatable bonds is 4. The summed E-state index contributed by atoms with van der Waals surface area (Å²) in [5.41, 5.74) is 1.39. The Kier molecular flexibility index (Phi) is 4.03. The topological polar surface area (TPSA) is 52.8 Å². The molecule has 0 N–H and O–H groups in total. The van der Waals surface area contributed by atoms with Crippen LogP contribution in [0, 0.1) is 0 Å². The highest BCUT2D eigenvalue weighted by Crippen LogP contribution is 2.17. The molecule has 0 bridgehead atoms. The first-order chi connectivity index (χ1) is 9.28. The molecule has 0 amide bonds. The summed E-state index contributed by atoms with van der Waals surface area (Å²) < 4.78 is 14.4. The van der Waals surface area contributed by atoms with Crippen molar-refractivity contribution in [3.8, 4) is 11.5 Å². The highest BCUT2D eigenvalue weighted by atomic mass is 17.1. The third-order valence-corrected chi connectivity index (χ3v) is 2.79. The molecule has 19 heavy (non-hydrogen) atoms. The van der Waals surface area contributed by atoms with Crippen molar-refractivity contribution in [1.82, 2.24) is 0 Å². The fourth-order valence-corrected chi connectivity index (χ4v) is 1.75. The van der Waals surface area contributed by atoms with Crippen molar-refractivity contribution in [3.05, 3.63) is 59.7 Å². The summed E-state index contributed by atoms with van der Waals surface area (Å²) in [5, 5.41) is 10.9. The van der Waals surface area contributed by atoms with Crippen molar-refractivity contribution in [3.63, 3.8) is 0 Å². The average Bonchev–Trinajstić information content (AvgIpc) is 2.49. The molecule has 0 saturated heterocycles. The molecular weight excluding hydrogens is 244 g/mol. The number of benzene rings is 2. The third kappa shape index (κ3) is 2.85. The lowest BCUT2D eigenvalue weighted by Gasteiger charge is -2.02. The maximum atomic E-state index is 10.9. The van der Waals surface area contributed by atoms with Gasteiger partial charge in [-0.15, -0.1) is 0 Å². The van der Waals surface area contributed by atoms with Gasteiger partial charge in [0.2, 0.25) is 0 Å². The molecule has 0 aliphatic rings. The largest absolute Gasteiger partial charge is 0.497 e. The van der Waals surface area contributed by atoms with Crippen LogP contribution in [0.2, 0.25) is 0 Å². The molecule has 2 rings (SSSR count). The number of hydrogen-bond acceptors (Lipinski definition) is 3. The van der Waals surface area contributed by atoms with Gasteiger partial charge in [0, 0.05) is 0 Å². The normalized spacial score (nSPS) is 9.79. The van der Waals surface area contributed by atoms with Gasteiger partial charge in [-0.1, -0.05) is 0 Å². The second-order valence-corrected chi connectivity index (χ2v) is 3.87. The van der Waals surface area contributed by atoms with Crippen LogP contribution in [0.1, 0.15) is 15.7 Å². The molecule has 4 nitrogen and oxygen atoms in total. The second-order valence-electron chi connectivity index (χ2n) is 3.87. The zero-order valence-corrected chi connectivity index (χ0v) is 10.8. The zero-order chi connectivity index (χ0) is 13.7. The molecule has 0 aliphatic carbocycles. The van der Waals surface area contributed by atoms with Gasteiger partial charge < -0.3 is 14.7 Å². The van der Waals surface area contributed by atoms with Crippen molar-refractivity contribution in [2.24, 2.45) is 0 Å². The third-order valence-electron chi connectivity index (χ3n) is 2.79. The molecule has 0 saturated carbocycles. The van der Waals surface area contributed by atoms with Crippen LogP contribution in [0.25, 0.3) is 0 Å². The van der Waals surface area contributed by atoms with E-state index in [0.29, 0.717) is 11.1 Å². The van der Waals surface area contributed by atoms with Gasteiger partial charge in [-0.25, -0.2) is 0 Å². The molecule has 0 atom stereocenters. The second kappa shape index (κ2) is 5.91. The summed E-state index contributed by atoms with van der Waals surface area (Å²) in [4.78, 5) is 0. The summed E-state index contributed by atoms with van der Waals surface area (Å²) in [6.07, 6.45) is 0. The lowest BCUT2D eigenvalue weighted by Crippen LogP contribution is -2.09. The van der Waals surface area contributed by atoms with E-state index in [1.54, 1.807) is 62.8 Å². The Morgan fingerprint density at radius 3 is 1.42 bits per heavy atom. The number of methoxy groups -OCH3 is 2. The van der Waals surface area contributed by atoms with E-state index in [-0.39, 0.29) is 5.78 Å². The van der Waals surface area contributed by atoms with Crippen LogP contribution in [-0.2, 0) is 0 Å². The molecular formula is C15H14O4. The lowest BCUT2D eigenvalue weighted by molar-refractivity contribution is -0.937. The number of ketones is 1. The molecule has 0 aromatic heterocycles. The van der Waals surface area contributed by atoms with Crippen molar-refractivity contribution in [2.45, 2.75) is 0 Å². The molecule has 0 unspecified atom stereocenters. The Labute approximate surface area is 111 Å². The van der Waals surface area contributed by atoms with Crippen LogP contribution in [-0.4, -0.2) is 20.0 Å². The summed E-state index contributed by atoms with van der Waals surface area (Å²) in [7, 11) is 3.18. The molecule has 2 aromatic carbocycles. The molecule has 0 heterocycles. The molecule has 0 fully saturated rings. The van der Waals surface area contributed by atoms with Gasteiger partial charge in [0.15, 0.2) is 0 Å². The monoisotopic (exact) mass is 258 g/mol. The zero-order valence-electron chi connectivity index (χ0n) is 10.8. The van der Waals surface area contributed by atoms with Crippen molar-refractivity contribution in [2.75, 3.05) is 14.2 Å². The molecule has 2 aromatic rings. The first kappa shape index (κ1) is 13.0. The van der Waals surface area contributed by atoms with E-state index >= 15 is 0 Å². The number of carbonyl (C=O) groups excluding carboxylic acids is 1. The predicted octanol–water partition coefficient (Wildman–Crippen LogP) is 1.75. The SMILES string of the molecule is COc1ccc(C(=[O+][O-])c2ccc(OC)cc2)cc1. The van der Waals surface area contributed by atoms with Gasteiger partial charge in [0.1, 0.15) is 11.5 Å². The van der Waals surface area contributed by atoms with Crippen molar-refractivity contribution >= 4 is 5.78 Å². The van der Waals surface area contributed by atoms with Gasteiger partial charge in [-0.2, -0.15) is 4.58 Å². The Morgan fingerprint density at radius 1 is 0.789 bits per heavy atom. The molecule has 0 aliphatic heterocycles. The van der Waals surface area contributed by atoms with E-state index in [9.17, 15) is 5.26 Å². The van der Waals surface area contributed by atoms with E-state index in [0.717, 1.165) is 11.5 Å². The van der Waals surface area contributed by atoms with Crippen LogP contribution in [0.4, 0.5) is 0 Å². The van der Waals surface area contributed by atoms with Crippen LogP contribution in [0.3, 0.4) is 0 Å². The maximum absolute atomic E-state index is 10.9. The Bertz CT molecular complexity index is 506. The van der Waals surface area contributed by atoms with Crippen molar-refractivity contribution < 1.29 is 19.3 Å². The fourth-order valence-electron chi connectivity index (χ4n) is 1.75. The van der Waals surface area contributed by atoms with E-state index in [2.05, 4.69) is 4.58 Å². The maximum Gasteiger partial charge on any atom is 0.390 e. The van der Waals surface area contributed by atoms with Gasteiger partial charge in [0.25, 0.3) is 0 Å². The van der Waals surface area contributed by atoms with Crippen LogP contribution >= 0.6 is 0 Å². The molecule has 98 valence electrons. The Morgan fingerprint density at radius 2 is 1.16 bits per heavy atom. The highest BCUT2D eigenvalue weighted by molar-refractivity contribution is 6.09. The summed E-state index contributed by atoms with van der Waals surface area (Å²) in [6, 6.07) is 14.2. The first-order valence-corrected chi connectivity index (χ1v) is 5.74. The van der Waals surface area contributed by atoms with Crippen molar-refractivity contribution in [1.29, 1.82) is 0 Å². The summed E-state index contributed by atoms with van der Waals surface area (Å²) in [6.45, 7) is 0. The minimum Gasteiger partial charge on any atom is -0.497 e. The number of ether oxygens (including phenoxy) is 2. The highest BCUT2D eigenvalue weighted by Gasteiger charge is 2.18. The number of hydrogen-bond donors (Lipinski definition) is 0. The van der Waals surface area contributed by atoms with Gasteiger partial charge in [0.05, 0.1) is 25.3 Å². The van der Waals surface area contributed by atoms with Crippen LogP contribution in [0.15, 0.2) is 48.5 Å². The van der Waals surface area contributed by atoms with E-state index < -0.39 is 0 Å². The Hall–Kier alpha value is -2.49. The quantitative estimate of drug-likeness (QED) is 0.363. The Balaban J connectivity index is 2.32. The summed E-state index contributed by atoms with van der Waals surface area (Å²) >= 11 is 0. The molecule has 0 spiro atoms. The van der Waals surface area contributed by atoms with Crippen LogP contribution < -0.4 is 14.7 Å². The minimum atomic E-state index is 0.269. The lowest BCUT2D eigenvalue weighted by atomic mass is 10.0. The van der Waals surface area contributed by atoms with E-state index in [4.69, 9.17) is 9.47 Å². The smallest absolute Gasteiger partial charge is 0.390 e. The predicted molar refractivity (Wildman–Crippen MR) is 69.4 cm³/mol. The first-order valence-electron chi connectivity index (χ1n) is 5.74. The fraction of sp³-hybridized carbons (Fsp3) is 0.133. The molecule has 0 radical (unpaired) electrons. The molecule has 4 heteroatoms. The van der Waals surface area contributed by atoms with E-state index in [1.165, 1.54) is 0 Å². The van der Waals surface area contributed by atoms with Gasteiger partial charge >= 0.3 is 5.78 Å².